The van der Waals surface area contributed by atoms with Gasteiger partial charge in [-0.25, -0.2) is 12.7 Å². The van der Waals surface area contributed by atoms with Crippen LogP contribution in [0.5, 0.6) is 5.75 Å². The quantitative estimate of drug-likeness (QED) is 0.589. The van der Waals surface area contributed by atoms with E-state index in [1.807, 2.05) is 4.90 Å². The van der Waals surface area contributed by atoms with Crippen molar-refractivity contribution in [3.05, 3.63) is 53.6 Å². The SMILES string of the molecule is CN(C)S(=O)(=O)c1ccc(N2CCOCC2)c(C(=O)NCCc2ccc(OC(F)F)cc2)c1. The summed E-state index contributed by atoms with van der Waals surface area (Å²) in [5.41, 5.74) is 1.73. The topological polar surface area (TPSA) is 88.2 Å². The highest BCUT2D eigenvalue weighted by Gasteiger charge is 2.24. The first-order chi connectivity index (χ1) is 15.7. The Balaban J connectivity index is 1.75. The monoisotopic (exact) mass is 483 g/mol. The maximum atomic E-state index is 13.0. The molecule has 3 rings (SSSR count). The van der Waals surface area contributed by atoms with Crippen molar-refractivity contribution in [1.29, 1.82) is 0 Å². The van der Waals surface area contributed by atoms with Gasteiger partial charge in [-0.15, -0.1) is 0 Å². The predicted octanol–water partition coefficient (Wildman–Crippen LogP) is 2.35. The minimum atomic E-state index is -3.71. The molecule has 1 aliphatic rings. The number of nitrogens with one attached hydrogen (secondary N) is 1. The van der Waals surface area contributed by atoms with Gasteiger partial charge in [-0.05, 0) is 42.3 Å². The van der Waals surface area contributed by atoms with Crippen molar-refractivity contribution in [1.82, 2.24) is 9.62 Å². The van der Waals surface area contributed by atoms with E-state index < -0.39 is 22.5 Å². The van der Waals surface area contributed by atoms with Crippen LogP contribution in [0.2, 0.25) is 0 Å². The van der Waals surface area contributed by atoms with Gasteiger partial charge in [0.2, 0.25) is 10.0 Å². The van der Waals surface area contributed by atoms with Crippen molar-refractivity contribution in [2.75, 3.05) is 51.8 Å². The summed E-state index contributed by atoms with van der Waals surface area (Å²) in [5.74, 6) is -0.336. The molecule has 1 heterocycles. The molecule has 8 nitrogen and oxygen atoms in total. The third-order valence-electron chi connectivity index (χ3n) is 5.19. The van der Waals surface area contributed by atoms with Gasteiger partial charge in [0.1, 0.15) is 5.75 Å². The van der Waals surface area contributed by atoms with Crippen LogP contribution in [0.3, 0.4) is 0 Å². The second kappa shape index (κ2) is 10.9. The number of carbonyl (C=O) groups excluding carboxylic acids is 1. The van der Waals surface area contributed by atoms with Crippen LogP contribution in [0.25, 0.3) is 0 Å². The molecule has 33 heavy (non-hydrogen) atoms. The first kappa shape index (κ1) is 24.9. The minimum Gasteiger partial charge on any atom is -0.435 e. The normalized spacial score (nSPS) is 14.5. The summed E-state index contributed by atoms with van der Waals surface area (Å²) >= 11 is 0. The number of halogens is 2. The molecule has 2 aromatic rings. The number of carbonyl (C=O) groups is 1. The molecule has 0 radical (unpaired) electrons. The van der Waals surface area contributed by atoms with Crippen LogP contribution >= 0.6 is 0 Å². The van der Waals surface area contributed by atoms with Crippen LogP contribution in [-0.4, -0.2) is 72.2 Å². The van der Waals surface area contributed by atoms with Crippen molar-refractivity contribution in [2.24, 2.45) is 0 Å². The number of hydrogen-bond donors (Lipinski definition) is 1. The number of morpholine rings is 1. The molecular weight excluding hydrogens is 456 g/mol. The molecule has 0 spiro atoms. The van der Waals surface area contributed by atoms with Gasteiger partial charge < -0.3 is 19.7 Å². The van der Waals surface area contributed by atoms with Crippen molar-refractivity contribution in [3.63, 3.8) is 0 Å². The molecule has 0 unspecified atom stereocenters. The van der Waals surface area contributed by atoms with Crippen molar-refractivity contribution in [3.8, 4) is 5.75 Å². The van der Waals surface area contributed by atoms with E-state index in [1.165, 1.54) is 38.4 Å². The van der Waals surface area contributed by atoms with E-state index in [2.05, 4.69) is 10.1 Å². The second-order valence-corrected chi connectivity index (χ2v) is 9.75. The number of nitrogens with zero attached hydrogens (tertiary/aromatic N) is 2. The Morgan fingerprint density at radius 1 is 1.15 bits per heavy atom. The average molecular weight is 484 g/mol. The summed E-state index contributed by atoms with van der Waals surface area (Å²) in [5, 5.41) is 2.83. The zero-order chi connectivity index (χ0) is 24.0. The highest BCUT2D eigenvalue weighted by atomic mass is 32.2. The minimum absolute atomic E-state index is 0.0317. The predicted molar refractivity (Wildman–Crippen MR) is 119 cm³/mol. The van der Waals surface area contributed by atoms with E-state index in [-0.39, 0.29) is 22.8 Å². The lowest BCUT2D eigenvalue weighted by Crippen LogP contribution is -2.38. The summed E-state index contributed by atoms with van der Waals surface area (Å²) in [6.07, 6.45) is 0.462. The molecule has 180 valence electrons. The maximum absolute atomic E-state index is 13.0. The Morgan fingerprint density at radius 3 is 2.42 bits per heavy atom. The maximum Gasteiger partial charge on any atom is 0.387 e. The second-order valence-electron chi connectivity index (χ2n) is 7.59. The fourth-order valence-corrected chi connectivity index (χ4v) is 4.33. The molecule has 0 aromatic heterocycles. The number of benzene rings is 2. The van der Waals surface area contributed by atoms with E-state index in [9.17, 15) is 22.0 Å². The van der Waals surface area contributed by atoms with Crippen molar-refractivity contribution in [2.45, 2.75) is 17.9 Å². The molecule has 0 bridgehead atoms. The standard InChI is InChI=1S/C22H27F2N3O5S/c1-26(2)33(29,30)18-7-8-20(27-11-13-31-14-12-27)19(15-18)21(28)25-10-9-16-3-5-17(6-4-16)32-22(23)24/h3-8,15,22H,9-14H2,1-2H3,(H,25,28). The van der Waals surface area contributed by atoms with E-state index >= 15 is 0 Å². The lowest BCUT2D eigenvalue weighted by molar-refractivity contribution is -0.0498. The first-order valence-electron chi connectivity index (χ1n) is 10.4. The number of ether oxygens (including phenoxy) is 2. The van der Waals surface area contributed by atoms with Crippen LogP contribution in [0.4, 0.5) is 14.5 Å². The fourth-order valence-electron chi connectivity index (χ4n) is 3.40. The third-order valence-corrected chi connectivity index (χ3v) is 7.00. The number of amides is 1. The smallest absolute Gasteiger partial charge is 0.387 e. The number of alkyl halides is 2. The average Bonchev–Trinajstić information content (AvgIpc) is 2.80. The lowest BCUT2D eigenvalue weighted by atomic mass is 10.1. The van der Waals surface area contributed by atoms with Crippen molar-refractivity contribution >= 4 is 21.6 Å². The molecule has 1 aliphatic heterocycles. The number of rotatable bonds is 9. The molecular formula is C22H27F2N3O5S. The summed E-state index contributed by atoms with van der Waals surface area (Å²) in [6, 6.07) is 10.7. The van der Waals surface area contributed by atoms with E-state index in [0.29, 0.717) is 38.4 Å². The Morgan fingerprint density at radius 2 is 1.82 bits per heavy atom. The Kier molecular flexibility index (Phi) is 8.22. The molecule has 0 atom stereocenters. The zero-order valence-corrected chi connectivity index (χ0v) is 19.3. The Bertz CT molecular complexity index is 1060. The summed E-state index contributed by atoms with van der Waals surface area (Å²) in [6.45, 7) is -0.391. The van der Waals surface area contributed by atoms with E-state index in [4.69, 9.17) is 4.74 Å². The summed E-state index contributed by atoms with van der Waals surface area (Å²) < 4.78 is 60.5. The number of hydrogen-bond acceptors (Lipinski definition) is 6. The molecule has 2 aromatic carbocycles. The molecule has 11 heteroatoms. The van der Waals surface area contributed by atoms with Gasteiger partial charge in [0.05, 0.1) is 23.7 Å². The van der Waals surface area contributed by atoms with Crippen LogP contribution in [0.15, 0.2) is 47.4 Å². The fraction of sp³-hybridized carbons (Fsp3) is 0.409. The molecule has 1 fully saturated rings. The Labute approximate surface area is 192 Å². The molecule has 0 saturated carbocycles. The van der Waals surface area contributed by atoms with E-state index in [0.717, 1.165) is 9.87 Å². The number of anilines is 1. The third kappa shape index (κ3) is 6.40. The van der Waals surface area contributed by atoms with Crippen LogP contribution < -0.4 is 15.0 Å². The highest BCUT2D eigenvalue weighted by Crippen LogP contribution is 2.26. The van der Waals surface area contributed by atoms with Crippen molar-refractivity contribution < 1.29 is 31.5 Å². The molecule has 1 saturated heterocycles. The van der Waals surface area contributed by atoms with Crippen LogP contribution in [-0.2, 0) is 21.2 Å². The van der Waals surface area contributed by atoms with Crippen LogP contribution in [0.1, 0.15) is 15.9 Å². The Hall–Kier alpha value is -2.76. The summed E-state index contributed by atoms with van der Waals surface area (Å²) in [7, 11) is -0.846. The van der Waals surface area contributed by atoms with Gasteiger partial charge in [-0.3, -0.25) is 4.79 Å². The highest BCUT2D eigenvalue weighted by molar-refractivity contribution is 7.89. The largest absolute Gasteiger partial charge is 0.435 e. The van der Waals surface area contributed by atoms with Gasteiger partial charge in [-0.1, -0.05) is 12.1 Å². The first-order valence-corrected chi connectivity index (χ1v) is 11.8. The van der Waals surface area contributed by atoms with Gasteiger partial charge in [0.15, 0.2) is 0 Å². The summed E-state index contributed by atoms with van der Waals surface area (Å²) in [4.78, 5) is 15.1. The van der Waals surface area contributed by atoms with Gasteiger partial charge in [0, 0.05) is 39.4 Å². The van der Waals surface area contributed by atoms with Gasteiger partial charge >= 0.3 is 6.61 Å². The van der Waals surface area contributed by atoms with Gasteiger partial charge in [-0.2, -0.15) is 8.78 Å². The number of sulfonamides is 1. The lowest BCUT2D eigenvalue weighted by Gasteiger charge is -2.30. The molecule has 1 amide bonds. The van der Waals surface area contributed by atoms with E-state index in [1.54, 1.807) is 18.2 Å². The molecule has 1 N–H and O–H groups in total. The zero-order valence-electron chi connectivity index (χ0n) is 18.5. The van der Waals surface area contributed by atoms with Crippen LogP contribution in [0, 0.1) is 0 Å². The van der Waals surface area contributed by atoms with Gasteiger partial charge in [0.25, 0.3) is 5.91 Å². The molecule has 0 aliphatic carbocycles.